The summed E-state index contributed by atoms with van der Waals surface area (Å²) in [4.78, 5) is 13.3. The van der Waals surface area contributed by atoms with Crippen LogP contribution in [-0.4, -0.2) is 32.2 Å². The van der Waals surface area contributed by atoms with E-state index in [1.165, 1.54) is 6.42 Å². The SMILES string of the molecule is N#Cc1nc(Cc2ccccc2)c2ncn(CC3CCCCO3)c2n1. The van der Waals surface area contributed by atoms with Gasteiger partial charge in [-0.05, 0) is 24.8 Å². The summed E-state index contributed by atoms with van der Waals surface area (Å²) in [6, 6.07) is 12.1. The van der Waals surface area contributed by atoms with Crippen LogP contribution in [-0.2, 0) is 17.7 Å². The lowest BCUT2D eigenvalue weighted by Gasteiger charge is -2.22. The van der Waals surface area contributed by atoms with E-state index in [-0.39, 0.29) is 11.9 Å². The molecule has 25 heavy (non-hydrogen) atoms. The molecule has 1 aromatic carbocycles. The van der Waals surface area contributed by atoms with Gasteiger partial charge in [0.05, 0.1) is 24.7 Å². The van der Waals surface area contributed by atoms with Crippen LogP contribution < -0.4 is 0 Å². The van der Waals surface area contributed by atoms with Crippen LogP contribution >= 0.6 is 0 Å². The number of ether oxygens (including phenoxy) is 1. The van der Waals surface area contributed by atoms with Crippen LogP contribution in [0, 0.1) is 11.3 Å². The summed E-state index contributed by atoms with van der Waals surface area (Å²) in [7, 11) is 0. The van der Waals surface area contributed by atoms with E-state index in [1.807, 2.05) is 34.9 Å². The molecule has 1 saturated heterocycles. The highest BCUT2D eigenvalue weighted by Crippen LogP contribution is 2.20. The molecule has 2 aromatic heterocycles. The number of benzene rings is 1. The summed E-state index contributed by atoms with van der Waals surface area (Å²) >= 11 is 0. The minimum atomic E-state index is 0.184. The quantitative estimate of drug-likeness (QED) is 0.734. The van der Waals surface area contributed by atoms with Crippen molar-refractivity contribution in [3.63, 3.8) is 0 Å². The van der Waals surface area contributed by atoms with Crippen LogP contribution in [0.5, 0.6) is 0 Å². The largest absolute Gasteiger partial charge is 0.376 e. The Labute approximate surface area is 146 Å². The number of fused-ring (bicyclic) bond motifs is 1. The molecule has 0 N–H and O–H groups in total. The summed E-state index contributed by atoms with van der Waals surface area (Å²) in [6.07, 6.45) is 5.97. The first-order valence-corrected chi connectivity index (χ1v) is 8.61. The molecule has 0 spiro atoms. The third kappa shape index (κ3) is 3.37. The molecule has 6 nitrogen and oxygen atoms in total. The molecule has 0 saturated carbocycles. The average Bonchev–Trinajstić information content (AvgIpc) is 3.06. The molecule has 0 bridgehead atoms. The summed E-state index contributed by atoms with van der Waals surface area (Å²) in [5.41, 5.74) is 3.40. The number of nitriles is 1. The zero-order valence-electron chi connectivity index (χ0n) is 13.9. The zero-order chi connectivity index (χ0) is 17.1. The average molecular weight is 333 g/mol. The summed E-state index contributed by atoms with van der Waals surface area (Å²) in [5.74, 6) is 0.185. The topological polar surface area (TPSA) is 76.6 Å². The number of hydrogen-bond donors (Lipinski definition) is 0. The predicted octanol–water partition coefficient (Wildman–Crippen LogP) is 2.86. The van der Waals surface area contributed by atoms with Crippen LogP contribution in [0.2, 0.25) is 0 Å². The minimum absolute atomic E-state index is 0.184. The van der Waals surface area contributed by atoms with Crippen molar-refractivity contribution in [1.29, 1.82) is 5.26 Å². The molecule has 6 heteroatoms. The first-order chi connectivity index (χ1) is 12.3. The van der Waals surface area contributed by atoms with Crippen LogP contribution in [0.1, 0.15) is 36.3 Å². The van der Waals surface area contributed by atoms with Gasteiger partial charge in [0.2, 0.25) is 5.82 Å². The van der Waals surface area contributed by atoms with Crippen molar-refractivity contribution in [3.8, 4) is 6.07 Å². The smallest absolute Gasteiger partial charge is 0.234 e. The second-order valence-electron chi connectivity index (χ2n) is 6.33. The van der Waals surface area contributed by atoms with Gasteiger partial charge in [-0.25, -0.2) is 9.97 Å². The van der Waals surface area contributed by atoms with Crippen molar-refractivity contribution in [2.75, 3.05) is 6.61 Å². The van der Waals surface area contributed by atoms with E-state index in [0.29, 0.717) is 18.6 Å². The van der Waals surface area contributed by atoms with E-state index in [4.69, 9.17) is 4.74 Å². The Balaban J connectivity index is 1.70. The van der Waals surface area contributed by atoms with Gasteiger partial charge in [0.1, 0.15) is 11.6 Å². The molecule has 3 heterocycles. The van der Waals surface area contributed by atoms with Crippen molar-refractivity contribution >= 4 is 11.2 Å². The molecule has 4 rings (SSSR count). The van der Waals surface area contributed by atoms with Gasteiger partial charge in [0, 0.05) is 13.0 Å². The fraction of sp³-hybridized carbons (Fsp3) is 0.368. The Kier molecular flexibility index (Phi) is 4.40. The molecule has 1 atom stereocenters. The van der Waals surface area contributed by atoms with Gasteiger partial charge in [-0.3, -0.25) is 0 Å². The van der Waals surface area contributed by atoms with E-state index in [1.54, 1.807) is 6.33 Å². The maximum atomic E-state index is 9.31. The van der Waals surface area contributed by atoms with Crippen LogP contribution in [0.25, 0.3) is 11.2 Å². The standard InChI is InChI=1S/C19H19N5O/c20-11-17-22-16(10-14-6-2-1-3-7-14)18-19(23-17)24(13-21-18)12-15-8-4-5-9-25-15/h1-3,6-7,13,15H,4-5,8-10,12H2. The number of nitrogens with zero attached hydrogens (tertiary/aromatic N) is 5. The lowest BCUT2D eigenvalue weighted by molar-refractivity contribution is 0.00652. The molecule has 1 fully saturated rings. The first-order valence-electron chi connectivity index (χ1n) is 8.61. The van der Waals surface area contributed by atoms with Crippen LogP contribution in [0.4, 0.5) is 0 Å². The molecule has 126 valence electrons. The summed E-state index contributed by atoms with van der Waals surface area (Å²) in [5, 5.41) is 9.31. The normalized spacial score (nSPS) is 17.5. The highest BCUT2D eigenvalue weighted by atomic mass is 16.5. The van der Waals surface area contributed by atoms with E-state index in [2.05, 4.69) is 21.0 Å². The van der Waals surface area contributed by atoms with E-state index >= 15 is 0 Å². The Hall–Kier alpha value is -2.78. The summed E-state index contributed by atoms with van der Waals surface area (Å²) in [6.45, 7) is 1.53. The molecule has 0 radical (unpaired) electrons. The number of hydrogen-bond acceptors (Lipinski definition) is 5. The molecule has 0 aliphatic carbocycles. The second kappa shape index (κ2) is 6.99. The second-order valence-corrected chi connectivity index (χ2v) is 6.33. The fourth-order valence-corrected chi connectivity index (χ4v) is 3.27. The van der Waals surface area contributed by atoms with Crippen molar-refractivity contribution in [3.05, 3.63) is 53.7 Å². The Morgan fingerprint density at radius 3 is 2.84 bits per heavy atom. The van der Waals surface area contributed by atoms with Crippen LogP contribution in [0.15, 0.2) is 36.7 Å². The molecular formula is C19H19N5O. The molecule has 3 aromatic rings. The number of aromatic nitrogens is 4. The van der Waals surface area contributed by atoms with Gasteiger partial charge in [0.25, 0.3) is 0 Å². The third-order valence-corrected chi connectivity index (χ3v) is 4.52. The monoisotopic (exact) mass is 333 g/mol. The molecule has 1 unspecified atom stereocenters. The predicted molar refractivity (Wildman–Crippen MR) is 92.9 cm³/mol. The van der Waals surface area contributed by atoms with E-state index in [0.717, 1.165) is 36.2 Å². The van der Waals surface area contributed by atoms with Crippen molar-refractivity contribution in [2.24, 2.45) is 0 Å². The molecule has 1 aliphatic heterocycles. The van der Waals surface area contributed by atoms with Gasteiger partial charge >= 0.3 is 0 Å². The van der Waals surface area contributed by atoms with Gasteiger partial charge in [0.15, 0.2) is 5.65 Å². The van der Waals surface area contributed by atoms with E-state index < -0.39 is 0 Å². The number of rotatable bonds is 4. The first kappa shape index (κ1) is 15.7. The Morgan fingerprint density at radius 1 is 1.20 bits per heavy atom. The molecule has 0 amide bonds. The minimum Gasteiger partial charge on any atom is -0.376 e. The maximum absolute atomic E-state index is 9.31. The highest BCUT2D eigenvalue weighted by molar-refractivity contribution is 5.74. The van der Waals surface area contributed by atoms with Gasteiger partial charge in [-0.15, -0.1) is 0 Å². The summed E-state index contributed by atoms with van der Waals surface area (Å²) < 4.78 is 7.81. The Morgan fingerprint density at radius 2 is 2.08 bits per heavy atom. The van der Waals surface area contributed by atoms with Gasteiger partial charge in [-0.2, -0.15) is 10.2 Å². The van der Waals surface area contributed by atoms with Gasteiger partial charge < -0.3 is 9.30 Å². The highest BCUT2D eigenvalue weighted by Gasteiger charge is 2.18. The third-order valence-electron chi connectivity index (χ3n) is 4.52. The van der Waals surface area contributed by atoms with E-state index in [9.17, 15) is 5.26 Å². The van der Waals surface area contributed by atoms with Crippen LogP contribution in [0.3, 0.4) is 0 Å². The zero-order valence-corrected chi connectivity index (χ0v) is 13.9. The fourth-order valence-electron chi connectivity index (χ4n) is 3.27. The molecule has 1 aliphatic rings. The number of imidazole rings is 1. The van der Waals surface area contributed by atoms with Gasteiger partial charge in [-0.1, -0.05) is 30.3 Å². The maximum Gasteiger partial charge on any atom is 0.234 e. The lowest BCUT2D eigenvalue weighted by atomic mass is 10.1. The lowest BCUT2D eigenvalue weighted by Crippen LogP contribution is -2.24. The Bertz CT molecular complexity index is 907. The van der Waals surface area contributed by atoms with Crippen molar-refractivity contribution < 1.29 is 4.74 Å². The van der Waals surface area contributed by atoms with Crippen molar-refractivity contribution in [1.82, 2.24) is 19.5 Å². The molecular weight excluding hydrogens is 314 g/mol. The van der Waals surface area contributed by atoms with Crippen molar-refractivity contribution in [2.45, 2.75) is 38.3 Å².